The highest BCUT2D eigenvalue weighted by Crippen LogP contribution is 2.24. The lowest BCUT2D eigenvalue weighted by Crippen LogP contribution is -2.50. The van der Waals surface area contributed by atoms with Crippen LogP contribution in [-0.4, -0.2) is 18.6 Å². The Morgan fingerprint density at radius 1 is 1.36 bits per heavy atom. The smallest absolute Gasteiger partial charge is 0.00840 e. The van der Waals surface area contributed by atoms with Gasteiger partial charge in [0, 0.05) is 12.1 Å². The third kappa shape index (κ3) is 1.94. The quantitative estimate of drug-likeness (QED) is 0.593. The van der Waals surface area contributed by atoms with Crippen LogP contribution in [0.3, 0.4) is 0 Å². The molecular weight excluding hydrogens is 136 g/mol. The molecule has 4 atom stereocenters. The Kier molecular flexibility index (Phi) is 2.90. The third-order valence-electron chi connectivity index (χ3n) is 2.92. The van der Waals surface area contributed by atoms with Crippen LogP contribution < -0.4 is 11.1 Å². The monoisotopic (exact) mass is 156 g/mol. The van der Waals surface area contributed by atoms with Crippen LogP contribution in [0, 0.1) is 11.8 Å². The maximum absolute atomic E-state index is 5.69. The minimum atomic E-state index is 0.596. The van der Waals surface area contributed by atoms with E-state index < -0.39 is 0 Å². The highest BCUT2D eigenvalue weighted by molar-refractivity contribution is 4.86. The maximum Gasteiger partial charge on any atom is 0.00840 e. The van der Waals surface area contributed by atoms with Gasteiger partial charge in [0.2, 0.25) is 0 Å². The molecule has 0 aliphatic carbocycles. The second kappa shape index (κ2) is 3.55. The van der Waals surface area contributed by atoms with Crippen molar-refractivity contribution in [1.82, 2.24) is 5.32 Å². The van der Waals surface area contributed by atoms with Gasteiger partial charge in [0.15, 0.2) is 0 Å². The zero-order valence-electron chi connectivity index (χ0n) is 7.80. The highest BCUT2D eigenvalue weighted by atomic mass is 15.0. The van der Waals surface area contributed by atoms with Crippen LogP contribution in [0.15, 0.2) is 0 Å². The van der Waals surface area contributed by atoms with E-state index in [-0.39, 0.29) is 0 Å². The van der Waals surface area contributed by atoms with Crippen LogP contribution in [0.25, 0.3) is 0 Å². The van der Waals surface area contributed by atoms with Gasteiger partial charge in [-0.25, -0.2) is 0 Å². The van der Waals surface area contributed by atoms with E-state index in [1.807, 2.05) is 0 Å². The molecule has 0 spiro atoms. The van der Waals surface area contributed by atoms with E-state index >= 15 is 0 Å². The average Bonchev–Trinajstić information content (AvgIpc) is 1.85. The third-order valence-corrected chi connectivity index (χ3v) is 2.92. The molecule has 0 aromatic carbocycles. The molecule has 1 aliphatic heterocycles. The van der Waals surface area contributed by atoms with E-state index in [4.69, 9.17) is 5.73 Å². The molecule has 0 aromatic heterocycles. The van der Waals surface area contributed by atoms with Crippen molar-refractivity contribution in [3.8, 4) is 0 Å². The molecule has 1 rings (SSSR count). The van der Waals surface area contributed by atoms with Gasteiger partial charge in [0.1, 0.15) is 0 Å². The SMILES string of the molecule is CC1CC(C)C(CN)C(C)N1. The first-order valence-corrected chi connectivity index (χ1v) is 4.61. The summed E-state index contributed by atoms with van der Waals surface area (Å²) in [7, 11) is 0. The van der Waals surface area contributed by atoms with Crippen molar-refractivity contribution in [2.75, 3.05) is 6.54 Å². The van der Waals surface area contributed by atoms with Gasteiger partial charge in [-0.3, -0.25) is 0 Å². The molecule has 1 fully saturated rings. The lowest BCUT2D eigenvalue weighted by Gasteiger charge is -2.38. The lowest BCUT2D eigenvalue weighted by molar-refractivity contribution is 0.184. The van der Waals surface area contributed by atoms with Gasteiger partial charge in [0.25, 0.3) is 0 Å². The number of piperidine rings is 1. The van der Waals surface area contributed by atoms with Crippen molar-refractivity contribution in [3.63, 3.8) is 0 Å². The summed E-state index contributed by atoms with van der Waals surface area (Å²) in [5, 5.41) is 3.53. The molecule has 1 saturated heterocycles. The summed E-state index contributed by atoms with van der Waals surface area (Å²) in [4.78, 5) is 0. The Morgan fingerprint density at radius 2 is 2.00 bits per heavy atom. The van der Waals surface area contributed by atoms with Crippen molar-refractivity contribution in [2.45, 2.75) is 39.3 Å². The minimum Gasteiger partial charge on any atom is -0.330 e. The molecule has 4 unspecified atom stereocenters. The summed E-state index contributed by atoms with van der Waals surface area (Å²) >= 11 is 0. The molecule has 66 valence electrons. The summed E-state index contributed by atoms with van der Waals surface area (Å²) in [5.41, 5.74) is 5.69. The standard InChI is InChI=1S/C9H20N2/c1-6-4-7(2)11-8(3)9(6)5-10/h6-9,11H,4-5,10H2,1-3H3. The topological polar surface area (TPSA) is 38.0 Å². The number of nitrogens with one attached hydrogen (secondary N) is 1. The van der Waals surface area contributed by atoms with Gasteiger partial charge >= 0.3 is 0 Å². The Morgan fingerprint density at radius 3 is 2.45 bits per heavy atom. The molecular formula is C9H20N2. The molecule has 0 amide bonds. The molecule has 3 N–H and O–H groups in total. The molecule has 1 heterocycles. The van der Waals surface area contributed by atoms with Gasteiger partial charge in [-0.05, 0) is 38.6 Å². The average molecular weight is 156 g/mol. The van der Waals surface area contributed by atoms with E-state index in [0.717, 1.165) is 12.5 Å². The van der Waals surface area contributed by atoms with Crippen molar-refractivity contribution in [3.05, 3.63) is 0 Å². The first kappa shape index (κ1) is 9.01. The normalized spacial score (nSPS) is 45.8. The minimum absolute atomic E-state index is 0.596. The molecule has 2 nitrogen and oxygen atoms in total. The second-order valence-electron chi connectivity index (χ2n) is 3.97. The Balaban J connectivity index is 2.52. The number of rotatable bonds is 1. The molecule has 2 heteroatoms. The lowest BCUT2D eigenvalue weighted by atomic mass is 9.80. The first-order chi connectivity index (χ1) is 5.15. The maximum atomic E-state index is 5.69. The largest absolute Gasteiger partial charge is 0.330 e. The zero-order valence-corrected chi connectivity index (χ0v) is 7.80. The van der Waals surface area contributed by atoms with Crippen LogP contribution in [0.4, 0.5) is 0 Å². The predicted octanol–water partition coefficient (Wildman–Crippen LogP) is 0.968. The van der Waals surface area contributed by atoms with E-state index in [1.165, 1.54) is 6.42 Å². The Labute approximate surface area is 69.5 Å². The van der Waals surface area contributed by atoms with E-state index in [1.54, 1.807) is 0 Å². The van der Waals surface area contributed by atoms with Crippen LogP contribution >= 0.6 is 0 Å². The molecule has 1 aliphatic rings. The van der Waals surface area contributed by atoms with Crippen molar-refractivity contribution in [2.24, 2.45) is 17.6 Å². The van der Waals surface area contributed by atoms with Gasteiger partial charge in [-0.15, -0.1) is 0 Å². The highest BCUT2D eigenvalue weighted by Gasteiger charge is 2.29. The van der Waals surface area contributed by atoms with Crippen molar-refractivity contribution < 1.29 is 0 Å². The number of hydrogen-bond acceptors (Lipinski definition) is 2. The summed E-state index contributed by atoms with van der Waals surface area (Å²) in [6.45, 7) is 7.62. The summed E-state index contributed by atoms with van der Waals surface area (Å²) in [6.07, 6.45) is 1.27. The molecule has 0 aromatic rings. The Bertz CT molecular complexity index is 113. The van der Waals surface area contributed by atoms with Crippen molar-refractivity contribution >= 4 is 0 Å². The van der Waals surface area contributed by atoms with Crippen molar-refractivity contribution in [1.29, 1.82) is 0 Å². The van der Waals surface area contributed by atoms with Gasteiger partial charge in [-0.1, -0.05) is 6.92 Å². The molecule has 0 saturated carbocycles. The van der Waals surface area contributed by atoms with Crippen LogP contribution in [-0.2, 0) is 0 Å². The fourth-order valence-corrected chi connectivity index (χ4v) is 2.30. The molecule has 0 bridgehead atoms. The zero-order chi connectivity index (χ0) is 8.43. The second-order valence-corrected chi connectivity index (χ2v) is 3.97. The summed E-state index contributed by atoms with van der Waals surface area (Å²) < 4.78 is 0. The van der Waals surface area contributed by atoms with Gasteiger partial charge < -0.3 is 11.1 Å². The fourth-order valence-electron chi connectivity index (χ4n) is 2.30. The Hall–Kier alpha value is -0.0800. The summed E-state index contributed by atoms with van der Waals surface area (Å²) in [5.74, 6) is 1.46. The number of nitrogens with two attached hydrogens (primary N) is 1. The van der Waals surface area contributed by atoms with Crippen LogP contribution in [0.2, 0.25) is 0 Å². The van der Waals surface area contributed by atoms with E-state index in [9.17, 15) is 0 Å². The molecule has 11 heavy (non-hydrogen) atoms. The molecule has 0 radical (unpaired) electrons. The van der Waals surface area contributed by atoms with Gasteiger partial charge in [-0.2, -0.15) is 0 Å². The van der Waals surface area contributed by atoms with Crippen LogP contribution in [0.1, 0.15) is 27.2 Å². The fraction of sp³-hybridized carbons (Fsp3) is 1.00. The van der Waals surface area contributed by atoms with Gasteiger partial charge in [0.05, 0.1) is 0 Å². The van der Waals surface area contributed by atoms with E-state index in [2.05, 4.69) is 26.1 Å². The van der Waals surface area contributed by atoms with E-state index in [0.29, 0.717) is 18.0 Å². The first-order valence-electron chi connectivity index (χ1n) is 4.61. The number of hydrogen-bond donors (Lipinski definition) is 2. The van der Waals surface area contributed by atoms with Crippen LogP contribution in [0.5, 0.6) is 0 Å². The predicted molar refractivity (Wildman–Crippen MR) is 48.4 cm³/mol. The summed E-state index contributed by atoms with van der Waals surface area (Å²) in [6, 6.07) is 1.27.